The number of carbonyl (C=O) groups excluding carboxylic acids is 1. The molecule has 2 rings (SSSR count). The van der Waals surface area contributed by atoms with Gasteiger partial charge in [0.05, 0.1) is 6.20 Å². The summed E-state index contributed by atoms with van der Waals surface area (Å²) in [4.78, 5) is 12.1. The normalized spacial score (nSPS) is 18.8. The number of carbonyl (C=O) groups is 1. The third-order valence-electron chi connectivity index (χ3n) is 3.98. The summed E-state index contributed by atoms with van der Waals surface area (Å²) >= 11 is 0. The first-order valence-electron chi connectivity index (χ1n) is 7.37. The van der Waals surface area contributed by atoms with Crippen LogP contribution in [0.15, 0.2) is 12.4 Å². The second kappa shape index (κ2) is 6.22. The second-order valence-corrected chi connectivity index (χ2v) is 6.05. The fourth-order valence-corrected chi connectivity index (χ4v) is 2.84. The van der Waals surface area contributed by atoms with E-state index < -0.39 is 0 Å². The Balaban J connectivity index is 1.79. The van der Waals surface area contributed by atoms with Gasteiger partial charge in [-0.05, 0) is 32.3 Å². The molecule has 1 aliphatic rings. The van der Waals surface area contributed by atoms with E-state index in [2.05, 4.69) is 17.3 Å². The zero-order valence-electron chi connectivity index (χ0n) is 12.1. The smallest absolute Gasteiger partial charge is 0.222 e. The van der Waals surface area contributed by atoms with Gasteiger partial charge in [-0.15, -0.1) is 0 Å². The fraction of sp³-hybridized carbons (Fsp3) is 0.733. The van der Waals surface area contributed by atoms with Crippen LogP contribution < -0.4 is 5.32 Å². The molecule has 0 unspecified atom stereocenters. The first-order chi connectivity index (χ1) is 9.07. The first-order valence-corrected chi connectivity index (χ1v) is 7.37. The van der Waals surface area contributed by atoms with E-state index >= 15 is 0 Å². The molecule has 1 fully saturated rings. The lowest BCUT2D eigenvalue weighted by molar-refractivity contribution is -0.123. The topological polar surface area (TPSA) is 46.9 Å². The summed E-state index contributed by atoms with van der Waals surface area (Å²) in [7, 11) is 0. The highest BCUT2D eigenvalue weighted by Crippen LogP contribution is 2.26. The largest absolute Gasteiger partial charge is 0.351 e. The number of amides is 1. The third kappa shape index (κ3) is 4.37. The van der Waals surface area contributed by atoms with Crippen LogP contribution in [0.5, 0.6) is 0 Å². The van der Waals surface area contributed by atoms with E-state index in [-0.39, 0.29) is 11.4 Å². The molecule has 19 heavy (non-hydrogen) atoms. The van der Waals surface area contributed by atoms with Crippen LogP contribution >= 0.6 is 0 Å². The molecule has 1 aromatic heterocycles. The van der Waals surface area contributed by atoms with Gasteiger partial charge in [0.25, 0.3) is 0 Å². The molecule has 4 nitrogen and oxygen atoms in total. The predicted octanol–water partition coefficient (Wildman–Crippen LogP) is 2.81. The van der Waals surface area contributed by atoms with Gasteiger partial charge in [-0.1, -0.05) is 25.7 Å². The fourth-order valence-electron chi connectivity index (χ4n) is 2.84. The van der Waals surface area contributed by atoms with Crippen molar-refractivity contribution in [3.05, 3.63) is 18.0 Å². The Kier molecular flexibility index (Phi) is 4.61. The minimum Gasteiger partial charge on any atom is -0.351 e. The maximum absolute atomic E-state index is 12.1. The highest BCUT2D eigenvalue weighted by molar-refractivity contribution is 5.76. The van der Waals surface area contributed by atoms with Crippen molar-refractivity contribution >= 4 is 5.91 Å². The Hall–Kier alpha value is -1.32. The van der Waals surface area contributed by atoms with Crippen molar-refractivity contribution in [2.24, 2.45) is 0 Å². The Labute approximate surface area is 115 Å². The number of hydrogen-bond acceptors (Lipinski definition) is 2. The van der Waals surface area contributed by atoms with E-state index in [1.54, 1.807) is 0 Å². The predicted molar refractivity (Wildman–Crippen MR) is 75.8 cm³/mol. The summed E-state index contributed by atoms with van der Waals surface area (Å²) < 4.78 is 1.84. The van der Waals surface area contributed by atoms with Crippen LogP contribution in [0.1, 0.15) is 57.4 Å². The van der Waals surface area contributed by atoms with Crippen molar-refractivity contribution in [3.63, 3.8) is 0 Å². The molecule has 0 aliphatic heterocycles. The number of aromatic nitrogens is 2. The Bertz CT molecular complexity index is 417. The van der Waals surface area contributed by atoms with Crippen LogP contribution in [0.25, 0.3) is 0 Å². The van der Waals surface area contributed by atoms with Crippen molar-refractivity contribution in [3.8, 4) is 0 Å². The molecule has 106 valence electrons. The van der Waals surface area contributed by atoms with Gasteiger partial charge < -0.3 is 5.32 Å². The van der Waals surface area contributed by atoms with E-state index in [4.69, 9.17) is 0 Å². The lowest BCUT2D eigenvalue weighted by Crippen LogP contribution is -2.45. The molecule has 0 spiro atoms. The van der Waals surface area contributed by atoms with Gasteiger partial charge in [0.1, 0.15) is 0 Å². The van der Waals surface area contributed by atoms with Gasteiger partial charge in [-0.3, -0.25) is 9.48 Å². The van der Waals surface area contributed by atoms with Crippen molar-refractivity contribution in [2.75, 3.05) is 0 Å². The van der Waals surface area contributed by atoms with Gasteiger partial charge in [-0.2, -0.15) is 5.10 Å². The lowest BCUT2D eigenvalue weighted by Gasteiger charge is -2.29. The number of nitrogens with one attached hydrogen (secondary N) is 1. The number of nitrogens with zero attached hydrogens (tertiary/aromatic N) is 2. The standard InChI is InChI=1S/C15H25N3O/c1-13-11-16-18(12-13)10-7-14(19)17-15(2)8-5-3-4-6-9-15/h11-12H,3-10H2,1-2H3,(H,17,19). The minimum absolute atomic E-state index is 0.00756. The molecule has 0 radical (unpaired) electrons. The Morgan fingerprint density at radius 1 is 1.37 bits per heavy atom. The third-order valence-corrected chi connectivity index (χ3v) is 3.98. The van der Waals surface area contributed by atoms with Crippen LogP contribution in [0, 0.1) is 6.92 Å². The monoisotopic (exact) mass is 263 g/mol. The summed E-state index contributed by atoms with van der Waals surface area (Å²) in [6.07, 6.45) is 11.6. The molecule has 1 aliphatic carbocycles. The van der Waals surface area contributed by atoms with Crippen molar-refractivity contribution in [2.45, 2.75) is 70.9 Å². The summed E-state index contributed by atoms with van der Waals surface area (Å²) in [6.45, 7) is 4.86. The molecule has 1 aromatic rings. The Morgan fingerprint density at radius 2 is 2.05 bits per heavy atom. The molecule has 0 bridgehead atoms. The molecule has 4 heteroatoms. The number of hydrogen-bond donors (Lipinski definition) is 1. The van der Waals surface area contributed by atoms with E-state index in [9.17, 15) is 4.79 Å². The van der Waals surface area contributed by atoms with E-state index in [0.717, 1.165) is 18.4 Å². The van der Waals surface area contributed by atoms with Gasteiger partial charge in [0.2, 0.25) is 5.91 Å². The van der Waals surface area contributed by atoms with E-state index in [0.29, 0.717) is 13.0 Å². The van der Waals surface area contributed by atoms with Crippen LogP contribution in [0.2, 0.25) is 0 Å². The quantitative estimate of drug-likeness (QED) is 0.849. The highest BCUT2D eigenvalue weighted by Gasteiger charge is 2.26. The lowest BCUT2D eigenvalue weighted by atomic mass is 9.92. The average Bonchev–Trinajstić information content (AvgIpc) is 2.65. The molecule has 1 amide bonds. The van der Waals surface area contributed by atoms with Crippen molar-refractivity contribution in [1.29, 1.82) is 0 Å². The highest BCUT2D eigenvalue weighted by atomic mass is 16.1. The van der Waals surface area contributed by atoms with Crippen LogP contribution in [0.3, 0.4) is 0 Å². The van der Waals surface area contributed by atoms with Crippen LogP contribution in [-0.4, -0.2) is 21.2 Å². The molecular formula is C15H25N3O. The van der Waals surface area contributed by atoms with Gasteiger partial charge in [-0.25, -0.2) is 0 Å². The molecule has 1 heterocycles. The minimum atomic E-state index is 0.00756. The van der Waals surface area contributed by atoms with E-state index in [1.807, 2.05) is 24.0 Å². The molecule has 0 atom stereocenters. The van der Waals surface area contributed by atoms with Gasteiger partial charge in [0, 0.05) is 24.7 Å². The van der Waals surface area contributed by atoms with E-state index in [1.165, 1.54) is 25.7 Å². The average molecular weight is 263 g/mol. The molecule has 0 saturated heterocycles. The zero-order chi connectivity index (χ0) is 13.7. The Morgan fingerprint density at radius 3 is 2.63 bits per heavy atom. The maximum Gasteiger partial charge on any atom is 0.222 e. The number of aryl methyl sites for hydroxylation is 2. The molecule has 1 saturated carbocycles. The summed E-state index contributed by atoms with van der Waals surface area (Å²) in [6, 6.07) is 0. The molecule has 1 N–H and O–H groups in total. The SMILES string of the molecule is Cc1cnn(CCC(=O)NC2(C)CCCCCC2)c1. The van der Waals surface area contributed by atoms with Crippen LogP contribution in [0.4, 0.5) is 0 Å². The number of rotatable bonds is 4. The second-order valence-electron chi connectivity index (χ2n) is 6.05. The van der Waals surface area contributed by atoms with Gasteiger partial charge >= 0.3 is 0 Å². The summed E-state index contributed by atoms with van der Waals surface area (Å²) in [5.41, 5.74) is 1.14. The van der Waals surface area contributed by atoms with Crippen molar-refractivity contribution < 1.29 is 4.79 Å². The maximum atomic E-state index is 12.1. The first kappa shape index (κ1) is 14.1. The van der Waals surface area contributed by atoms with Crippen molar-refractivity contribution in [1.82, 2.24) is 15.1 Å². The molecule has 0 aromatic carbocycles. The molecular weight excluding hydrogens is 238 g/mol. The summed E-state index contributed by atoms with van der Waals surface area (Å²) in [5.74, 6) is 0.151. The zero-order valence-corrected chi connectivity index (χ0v) is 12.1. The van der Waals surface area contributed by atoms with Crippen LogP contribution in [-0.2, 0) is 11.3 Å². The van der Waals surface area contributed by atoms with Gasteiger partial charge in [0.15, 0.2) is 0 Å². The summed E-state index contributed by atoms with van der Waals surface area (Å²) in [5, 5.41) is 7.44.